The summed E-state index contributed by atoms with van der Waals surface area (Å²) in [5, 5.41) is 2.45. The number of hydrogen-bond acceptors (Lipinski definition) is 2. The van der Waals surface area contributed by atoms with Crippen LogP contribution >= 0.6 is 23.4 Å². The van der Waals surface area contributed by atoms with E-state index in [4.69, 9.17) is 16.3 Å². The molecule has 0 bridgehead atoms. The van der Waals surface area contributed by atoms with Gasteiger partial charge in [0.2, 0.25) is 0 Å². The molecule has 1 aromatic heterocycles. The van der Waals surface area contributed by atoms with Crippen molar-refractivity contribution in [2.24, 2.45) is 0 Å². The predicted molar refractivity (Wildman–Crippen MR) is 70.6 cm³/mol. The van der Waals surface area contributed by atoms with E-state index < -0.39 is 0 Å². The summed E-state index contributed by atoms with van der Waals surface area (Å²) in [5.74, 6) is 1.51. The first-order valence-electron chi connectivity index (χ1n) is 5.24. The molecule has 0 saturated heterocycles. The number of fused-ring (bicyclic) bond motifs is 1. The van der Waals surface area contributed by atoms with Crippen molar-refractivity contribution < 1.29 is 4.74 Å². The van der Waals surface area contributed by atoms with Gasteiger partial charge in [-0.05, 0) is 12.1 Å². The van der Waals surface area contributed by atoms with Crippen LogP contribution in [0.4, 0.5) is 0 Å². The van der Waals surface area contributed by atoms with E-state index in [1.165, 1.54) is 15.9 Å². The molecule has 2 rings (SSSR count). The summed E-state index contributed by atoms with van der Waals surface area (Å²) in [5.41, 5.74) is 1.19. The Morgan fingerprint density at radius 2 is 2.12 bits per heavy atom. The van der Waals surface area contributed by atoms with Crippen LogP contribution in [0.2, 0.25) is 0 Å². The van der Waals surface area contributed by atoms with E-state index >= 15 is 0 Å². The lowest BCUT2D eigenvalue weighted by Gasteiger charge is -2.00. The molecule has 2 aromatic rings. The zero-order chi connectivity index (χ0) is 11.2. The smallest absolute Gasteiger partial charge is 0.0733 e. The molecule has 0 aliphatic rings. The number of alkyl halides is 1. The average molecular weight is 256 g/mol. The monoisotopic (exact) mass is 255 g/mol. The molecule has 86 valence electrons. The van der Waals surface area contributed by atoms with Gasteiger partial charge in [-0.1, -0.05) is 18.2 Å². The molecule has 0 atom stereocenters. The lowest BCUT2D eigenvalue weighted by molar-refractivity contribution is 0.166. The van der Waals surface area contributed by atoms with Crippen LogP contribution in [-0.4, -0.2) is 29.8 Å². The molecule has 1 aromatic carbocycles. The third-order valence-corrected chi connectivity index (χ3v) is 3.27. The number of aromatic amines is 1. The summed E-state index contributed by atoms with van der Waals surface area (Å²) < 4.78 is 5.31. The molecular formula is C12H14ClNOS. The van der Waals surface area contributed by atoms with E-state index in [0.29, 0.717) is 12.5 Å². The van der Waals surface area contributed by atoms with Crippen LogP contribution in [-0.2, 0) is 4.74 Å². The standard InChI is InChI=1S/C12H14ClNOS/c13-5-6-15-7-8-16-12-9-10-3-1-2-4-11(10)14-12/h1-4,9,14H,5-8H2. The minimum atomic E-state index is 0.567. The lowest BCUT2D eigenvalue weighted by Crippen LogP contribution is -1.99. The van der Waals surface area contributed by atoms with Crippen LogP contribution in [0.3, 0.4) is 0 Å². The number of H-pyrrole nitrogens is 1. The molecule has 0 aliphatic heterocycles. The number of para-hydroxylation sites is 1. The van der Waals surface area contributed by atoms with Crippen LogP contribution in [0.25, 0.3) is 10.9 Å². The Balaban J connectivity index is 1.85. The second-order valence-electron chi connectivity index (χ2n) is 3.37. The van der Waals surface area contributed by atoms with Crippen molar-refractivity contribution in [3.8, 4) is 0 Å². The maximum absolute atomic E-state index is 5.51. The largest absolute Gasteiger partial charge is 0.379 e. The molecule has 0 fully saturated rings. The highest BCUT2D eigenvalue weighted by Gasteiger charge is 1.99. The van der Waals surface area contributed by atoms with Gasteiger partial charge in [0.15, 0.2) is 0 Å². The molecule has 16 heavy (non-hydrogen) atoms. The summed E-state index contributed by atoms with van der Waals surface area (Å²) in [6, 6.07) is 10.5. The van der Waals surface area contributed by atoms with E-state index in [-0.39, 0.29) is 0 Å². The van der Waals surface area contributed by atoms with Crippen molar-refractivity contribution in [2.75, 3.05) is 24.8 Å². The van der Waals surface area contributed by atoms with Crippen LogP contribution < -0.4 is 0 Å². The first-order valence-corrected chi connectivity index (χ1v) is 6.76. The van der Waals surface area contributed by atoms with Gasteiger partial charge >= 0.3 is 0 Å². The van der Waals surface area contributed by atoms with E-state index in [2.05, 4.69) is 23.2 Å². The fraction of sp³-hybridized carbons (Fsp3) is 0.333. The van der Waals surface area contributed by atoms with E-state index in [1.807, 2.05) is 12.1 Å². The highest BCUT2D eigenvalue weighted by atomic mass is 35.5. The van der Waals surface area contributed by atoms with Gasteiger partial charge in [-0.3, -0.25) is 0 Å². The van der Waals surface area contributed by atoms with Crippen molar-refractivity contribution in [3.63, 3.8) is 0 Å². The van der Waals surface area contributed by atoms with Crippen molar-refractivity contribution >= 4 is 34.3 Å². The normalized spacial score (nSPS) is 11.1. The van der Waals surface area contributed by atoms with E-state index in [0.717, 1.165) is 12.4 Å². The van der Waals surface area contributed by atoms with Gasteiger partial charge in [0.1, 0.15) is 0 Å². The molecule has 0 unspecified atom stereocenters. The summed E-state index contributed by atoms with van der Waals surface area (Å²) in [6.07, 6.45) is 0. The van der Waals surface area contributed by atoms with Gasteiger partial charge in [-0.15, -0.1) is 23.4 Å². The summed E-state index contributed by atoms with van der Waals surface area (Å²) in [6.45, 7) is 1.38. The minimum Gasteiger partial charge on any atom is -0.379 e. The number of rotatable bonds is 6. The third-order valence-electron chi connectivity index (χ3n) is 2.21. The second-order valence-corrected chi connectivity index (χ2v) is 4.89. The zero-order valence-electron chi connectivity index (χ0n) is 8.91. The molecule has 0 radical (unpaired) electrons. The Morgan fingerprint density at radius 3 is 2.94 bits per heavy atom. The van der Waals surface area contributed by atoms with Crippen LogP contribution in [0.5, 0.6) is 0 Å². The Morgan fingerprint density at radius 1 is 1.25 bits per heavy atom. The first-order chi connectivity index (χ1) is 7.90. The first kappa shape index (κ1) is 11.8. The maximum atomic E-state index is 5.51. The number of ether oxygens (including phenoxy) is 1. The van der Waals surface area contributed by atoms with Crippen LogP contribution in [0, 0.1) is 0 Å². The number of hydrogen-bond donors (Lipinski definition) is 1. The molecule has 0 aliphatic carbocycles. The number of thioether (sulfide) groups is 1. The van der Waals surface area contributed by atoms with E-state index in [9.17, 15) is 0 Å². The number of nitrogens with one attached hydrogen (secondary N) is 1. The highest BCUT2D eigenvalue weighted by Crippen LogP contribution is 2.22. The topological polar surface area (TPSA) is 25.0 Å². The average Bonchev–Trinajstić information content (AvgIpc) is 2.71. The van der Waals surface area contributed by atoms with Gasteiger partial charge in [0.25, 0.3) is 0 Å². The molecule has 4 heteroatoms. The minimum absolute atomic E-state index is 0.567. The fourth-order valence-corrected chi connectivity index (χ4v) is 2.41. The Kier molecular flexibility index (Phi) is 4.57. The highest BCUT2D eigenvalue weighted by molar-refractivity contribution is 7.99. The Labute approximate surface area is 104 Å². The Bertz CT molecular complexity index is 410. The van der Waals surface area contributed by atoms with Crippen molar-refractivity contribution in [1.82, 2.24) is 4.98 Å². The predicted octanol–water partition coefficient (Wildman–Crippen LogP) is 3.52. The Hall–Kier alpha value is -0.640. The van der Waals surface area contributed by atoms with Gasteiger partial charge in [-0.25, -0.2) is 0 Å². The number of aromatic nitrogens is 1. The molecule has 0 saturated carbocycles. The van der Waals surface area contributed by atoms with Gasteiger partial charge in [0, 0.05) is 22.5 Å². The molecule has 0 spiro atoms. The summed E-state index contributed by atoms with van der Waals surface area (Å²) in [4.78, 5) is 3.37. The van der Waals surface area contributed by atoms with Crippen LogP contribution in [0.15, 0.2) is 35.4 Å². The van der Waals surface area contributed by atoms with Crippen molar-refractivity contribution in [1.29, 1.82) is 0 Å². The van der Waals surface area contributed by atoms with Gasteiger partial charge in [-0.2, -0.15) is 0 Å². The summed E-state index contributed by atoms with van der Waals surface area (Å²) in [7, 11) is 0. The lowest BCUT2D eigenvalue weighted by atomic mass is 10.3. The van der Waals surface area contributed by atoms with Crippen LogP contribution in [0.1, 0.15) is 0 Å². The number of benzene rings is 1. The fourth-order valence-electron chi connectivity index (χ4n) is 1.49. The van der Waals surface area contributed by atoms with Crippen molar-refractivity contribution in [3.05, 3.63) is 30.3 Å². The van der Waals surface area contributed by atoms with Gasteiger partial charge < -0.3 is 9.72 Å². The van der Waals surface area contributed by atoms with Gasteiger partial charge in [0.05, 0.1) is 18.2 Å². The second kappa shape index (κ2) is 6.18. The van der Waals surface area contributed by atoms with Crippen molar-refractivity contribution in [2.45, 2.75) is 5.03 Å². The third kappa shape index (κ3) is 3.17. The molecule has 1 heterocycles. The molecule has 1 N–H and O–H groups in total. The SMILES string of the molecule is ClCCOCCSc1cc2ccccc2[nH]1. The maximum Gasteiger partial charge on any atom is 0.0733 e. The number of halogens is 1. The molecule has 0 amide bonds. The van der Waals surface area contributed by atoms with E-state index in [1.54, 1.807) is 11.8 Å². The zero-order valence-corrected chi connectivity index (χ0v) is 10.5. The quantitative estimate of drug-likeness (QED) is 0.485. The summed E-state index contributed by atoms with van der Waals surface area (Å²) >= 11 is 7.29. The molecule has 2 nitrogen and oxygen atoms in total. The molecular weight excluding hydrogens is 242 g/mol.